The van der Waals surface area contributed by atoms with Crippen LogP contribution >= 0.6 is 24.4 Å². The second kappa shape index (κ2) is 11.6. The van der Waals surface area contributed by atoms with E-state index in [1.807, 2.05) is 17.8 Å². The van der Waals surface area contributed by atoms with E-state index < -0.39 is 0 Å². The Balaban J connectivity index is 4.02. The van der Waals surface area contributed by atoms with Gasteiger partial charge in [-0.1, -0.05) is 32.8 Å². The van der Waals surface area contributed by atoms with Crippen molar-refractivity contribution in [3.05, 3.63) is 12.2 Å². The van der Waals surface area contributed by atoms with Gasteiger partial charge in [0.25, 0.3) is 0 Å². The van der Waals surface area contributed by atoms with Gasteiger partial charge in [-0.15, -0.1) is 0 Å². The molecular weight excluding hydrogens is 236 g/mol. The second-order valence-electron chi connectivity index (χ2n) is 3.92. The van der Waals surface area contributed by atoms with Crippen molar-refractivity contribution in [2.75, 3.05) is 5.75 Å². The fourth-order valence-electron chi connectivity index (χ4n) is 1.49. The van der Waals surface area contributed by atoms with Gasteiger partial charge in [-0.25, -0.2) is 0 Å². The summed E-state index contributed by atoms with van der Waals surface area (Å²) in [4.78, 5) is 10.2. The van der Waals surface area contributed by atoms with Crippen molar-refractivity contribution in [1.29, 1.82) is 0 Å². The van der Waals surface area contributed by atoms with E-state index in [0.717, 1.165) is 12.7 Å². The molecule has 0 aliphatic rings. The van der Waals surface area contributed by atoms with Gasteiger partial charge in [-0.2, -0.15) is 24.4 Å². The van der Waals surface area contributed by atoms with E-state index in [4.69, 9.17) is 0 Å². The standard InChI is InChI=1S/C13H24OS2/c1-3-5-9-13(16-11-4-2)12(15)8-6-7-10-14/h6-7,10,12-13,15H,3-5,8-9,11H2,1-2H3. The molecule has 0 heterocycles. The van der Waals surface area contributed by atoms with Crippen molar-refractivity contribution in [2.24, 2.45) is 0 Å². The first-order valence-corrected chi connectivity index (χ1v) is 7.72. The SMILES string of the molecule is CCCCC(SCCC)C(S)CC=CC=O. The molecule has 0 saturated heterocycles. The highest BCUT2D eigenvalue weighted by atomic mass is 32.2. The van der Waals surface area contributed by atoms with Crippen molar-refractivity contribution < 1.29 is 4.79 Å². The van der Waals surface area contributed by atoms with Crippen LogP contribution in [0.15, 0.2) is 12.2 Å². The average Bonchev–Trinajstić information content (AvgIpc) is 2.29. The molecule has 0 aromatic heterocycles. The summed E-state index contributed by atoms with van der Waals surface area (Å²) in [5.41, 5.74) is 0. The van der Waals surface area contributed by atoms with E-state index in [1.54, 1.807) is 6.08 Å². The number of allylic oxidation sites excluding steroid dienone is 2. The van der Waals surface area contributed by atoms with E-state index in [1.165, 1.54) is 31.4 Å². The number of thioether (sulfide) groups is 1. The number of thiol groups is 1. The summed E-state index contributed by atoms with van der Waals surface area (Å²) in [5.74, 6) is 1.21. The predicted molar refractivity (Wildman–Crippen MR) is 78.7 cm³/mol. The maximum absolute atomic E-state index is 10.2. The first-order chi connectivity index (χ1) is 7.76. The summed E-state index contributed by atoms with van der Waals surface area (Å²) in [6.45, 7) is 4.44. The molecule has 0 fully saturated rings. The molecule has 16 heavy (non-hydrogen) atoms. The Morgan fingerprint density at radius 1 is 1.31 bits per heavy atom. The number of unbranched alkanes of at least 4 members (excludes halogenated alkanes) is 1. The second-order valence-corrected chi connectivity index (χ2v) is 5.93. The molecule has 0 aliphatic heterocycles. The fourth-order valence-corrected chi connectivity index (χ4v) is 3.22. The number of carbonyl (C=O) groups is 1. The summed E-state index contributed by atoms with van der Waals surface area (Å²) in [6.07, 6.45) is 10.2. The molecule has 0 aliphatic carbocycles. The zero-order valence-corrected chi connectivity index (χ0v) is 12.1. The lowest BCUT2D eigenvalue weighted by Gasteiger charge is -2.21. The molecule has 94 valence electrons. The van der Waals surface area contributed by atoms with Crippen LogP contribution in [0.2, 0.25) is 0 Å². The van der Waals surface area contributed by atoms with Gasteiger partial charge < -0.3 is 0 Å². The molecular formula is C13H24OS2. The lowest BCUT2D eigenvalue weighted by molar-refractivity contribution is -0.104. The average molecular weight is 260 g/mol. The van der Waals surface area contributed by atoms with Gasteiger partial charge in [0.05, 0.1) is 0 Å². The normalized spacial score (nSPS) is 15.2. The molecule has 2 atom stereocenters. The van der Waals surface area contributed by atoms with E-state index in [2.05, 4.69) is 26.5 Å². The van der Waals surface area contributed by atoms with Crippen LogP contribution in [-0.2, 0) is 4.79 Å². The van der Waals surface area contributed by atoms with Crippen molar-refractivity contribution in [2.45, 2.75) is 56.5 Å². The third-order valence-corrected chi connectivity index (χ3v) is 4.81. The molecule has 0 radical (unpaired) electrons. The van der Waals surface area contributed by atoms with E-state index in [9.17, 15) is 4.79 Å². The van der Waals surface area contributed by atoms with Gasteiger partial charge in [0.2, 0.25) is 0 Å². The third kappa shape index (κ3) is 8.28. The van der Waals surface area contributed by atoms with Crippen LogP contribution in [0.25, 0.3) is 0 Å². The smallest absolute Gasteiger partial charge is 0.142 e. The van der Waals surface area contributed by atoms with Gasteiger partial charge in [0.1, 0.15) is 6.29 Å². The Hall–Kier alpha value is 0.110. The van der Waals surface area contributed by atoms with Crippen molar-refractivity contribution >= 4 is 30.7 Å². The lowest BCUT2D eigenvalue weighted by Crippen LogP contribution is -2.17. The molecule has 2 unspecified atom stereocenters. The topological polar surface area (TPSA) is 17.1 Å². The first-order valence-electron chi connectivity index (χ1n) is 6.16. The minimum absolute atomic E-state index is 0.374. The Kier molecular flexibility index (Phi) is 11.7. The Bertz CT molecular complexity index is 184. The molecule has 3 heteroatoms. The maximum atomic E-state index is 10.2. The van der Waals surface area contributed by atoms with E-state index in [-0.39, 0.29) is 0 Å². The monoisotopic (exact) mass is 260 g/mol. The molecule has 0 aromatic carbocycles. The van der Waals surface area contributed by atoms with Gasteiger partial charge >= 0.3 is 0 Å². The highest BCUT2D eigenvalue weighted by Crippen LogP contribution is 2.26. The number of rotatable bonds is 10. The molecule has 1 nitrogen and oxygen atoms in total. The maximum Gasteiger partial charge on any atom is 0.142 e. The minimum Gasteiger partial charge on any atom is -0.299 e. The largest absolute Gasteiger partial charge is 0.299 e. The minimum atomic E-state index is 0.374. The van der Waals surface area contributed by atoms with Crippen LogP contribution in [0.4, 0.5) is 0 Å². The Labute approximate surface area is 110 Å². The van der Waals surface area contributed by atoms with E-state index in [0.29, 0.717) is 10.5 Å². The zero-order chi connectivity index (χ0) is 12.2. The van der Waals surface area contributed by atoms with Crippen molar-refractivity contribution in [3.8, 4) is 0 Å². The highest BCUT2D eigenvalue weighted by molar-refractivity contribution is 8.00. The third-order valence-electron chi connectivity index (χ3n) is 2.40. The molecule has 0 rings (SSSR count). The summed E-state index contributed by atoms with van der Waals surface area (Å²) < 4.78 is 0. The molecule has 0 spiro atoms. The number of hydrogen-bond acceptors (Lipinski definition) is 3. The Morgan fingerprint density at radius 2 is 2.06 bits per heavy atom. The molecule has 0 saturated carbocycles. The van der Waals surface area contributed by atoms with Crippen LogP contribution in [0.1, 0.15) is 46.0 Å². The van der Waals surface area contributed by atoms with Gasteiger partial charge in [0.15, 0.2) is 0 Å². The lowest BCUT2D eigenvalue weighted by atomic mass is 10.1. The predicted octanol–water partition coefficient (Wildman–Crippen LogP) is 4.13. The Morgan fingerprint density at radius 3 is 2.62 bits per heavy atom. The number of aldehydes is 1. The number of hydrogen-bond donors (Lipinski definition) is 1. The van der Waals surface area contributed by atoms with Crippen LogP contribution in [0, 0.1) is 0 Å². The summed E-state index contributed by atoms with van der Waals surface area (Å²) in [6, 6.07) is 0. The summed E-state index contributed by atoms with van der Waals surface area (Å²) >= 11 is 6.68. The van der Waals surface area contributed by atoms with Crippen LogP contribution in [0.3, 0.4) is 0 Å². The number of carbonyl (C=O) groups excluding carboxylic acids is 1. The molecule has 0 N–H and O–H groups in total. The van der Waals surface area contributed by atoms with Crippen molar-refractivity contribution in [1.82, 2.24) is 0 Å². The highest BCUT2D eigenvalue weighted by Gasteiger charge is 2.16. The van der Waals surface area contributed by atoms with Crippen LogP contribution in [-0.4, -0.2) is 22.5 Å². The fraction of sp³-hybridized carbons (Fsp3) is 0.769. The molecule has 0 bridgehead atoms. The van der Waals surface area contributed by atoms with Crippen LogP contribution < -0.4 is 0 Å². The van der Waals surface area contributed by atoms with Gasteiger partial charge in [-0.3, -0.25) is 4.79 Å². The van der Waals surface area contributed by atoms with Crippen molar-refractivity contribution in [3.63, 3.8) is 0 Å². The molecule has 0 aromatic rings. The molecule has 0 amide bonds. The quantitative estimate of drug-likeness (QED) is 0.361. The zero-order valence-electron chi connectivity index (χ0n) is 10.4. The first kappa shape index (κ1) is 16.1. The summed E-state index contributed by atoms with van der Waals surface area (Å²) in [7, 11) is 0. The van der Waals surface area contributed by atoms with Gasteiger partial charge in [-0.05, 0) is 31.1 Å². The van der Waals surface area contributed by atoms with Crippen LogP contribution in [0.5, 0.6) is 0 Å². The summed E-state index contributed by atoms with van der Waals surface area (Å²) in [5, 5.41) is 0.999. The van der Waals surface area contributed by atoms with Gasteiger partial charge in [0, 0.05) is 10.5 Å². The van der Waals surface area contributed by atoms with E-state index >= 15 is 0 Å².